The second-order valence-corrected chi connectivity index (χ2v) is 3.43. The van der Waals surface area contributed by atoms with Gasteiger partial charge in [0.05, 0.1) is 18.7 Å². The van der Waals surface area contributed by atoms with Crippen molar-refractivity contribution in [3.63, 3.8) is 0 Å². The van der Waals surface area contributed by atoms with Gasteiger partial charge in [-0.1, -0.05) is 6.92 Å². The van der Waals surface area contributed by atoms with Crippen molar-refractivity contribution in [2.24, 2.45) is 5.73 Å². The Morgan fingerprint density at radius 2 is 2.12 bits per heavy atom. The fourth-order valence-corrected chi connectivity index (χ4v) is 1.33. The second-order valence-electron chi connectivity index (χ2n) is 3.43. The van der Waals surface area contributed by atoms with Crippen LogP contribution in [0.15, 0.2) is 18.2 Å². The van der Waals surface area contributed by atoms with Gasteiger partial charge in [-0.25, -0.2) is 0 Å². The maximum Gasteiger partial charge on any atom is 0.258 e. The predicted molar refractivity (Wildman–Crippen MR) is 61.6 cm³/mol. The summed E-state index contributed by atoms with van der Waals surface area (Å²) in [6, 6.07) is 6.71. The molecule has 1 aromatic rings. The number of nitrogens with two attached hydrogens (primary N) is 1. The standard InChI is InChI=1S/C12H14N2O3/c1-3-11(12(14)15)17-10-5-8(7-13)4-9(6-10)16-2/h4-6,11H,3H2,1-2H3,(H2,14,15). The second kappa shape index (κ2) is 5.75. The number of carbonyl (C=O) groups is 1. The van der Waals surface area contributed by atoms with E-state index in [1.165, 1.54) is 13.2 Å². The summed E-state index contributed by atoms with van der Waals surface area (Å²) in [5.74, 6) is 0.360. The van der Waals surface area contributed by atoms with Gasteiger partial charge in [0.25, 0.3) is 5.91 Å². The van der Waals surface area contributed by atoms with Crippen LogP contribution in [-0.2, 0) is 4.79 Å². The molecule has 0 aliphatic rings. The number of ether oxygens (including phenoxy) is 2. The quantitative estimate of drug-likeness (QED) is 0.829. The zero-order valence-corrected chi connectivity index (χ0v) is 9.77. The Morgan fingerprint density at radius 1 is 1.47 bits per heavy atom. The van der Waals surface area contributed by atoms with E-state index in [0.717, 1.165) is 0 Å². The lowest BCUT2D eigenvalue weighted by molar-refractivity contribution is -0.124. The molecular weight excluding hydrogens is 220 g/mol. The lowest BCUT2D eigenvalue weighted by Crippen LogP contribution is -2.32. The van der Waals surface area contributed by atoms with Crippen LogP contribution in [0.3, 0.4) is 0 Å². The molecule has 0 heterocycles. The minimum atomic E-state index is -0.700. The average molecular weight is 234 g/mol. The van der Waals surface area contributed by atoms with Crippen LogP contribution in [-0.4, -0.2) is 19.1 Å². The lowest BCUT2D eigenvalue weighted by Gasteiger charge is -2.14. The van der Waals surface area contributed by atoms with Crippen LogP contribution in [0.4, 0.5) is 0 Å². The minimum Gasteiger partial charge on any atom is -0.497 e. The van der Waals surface area contributed by atoms with Crippen LogP contribution in [0.5, 0.6) is 11.5 Å². The number of nitriles is 1. The number of methoxy groups -OCH3 is 1. The number of hydrogen-bond donors (Lipinski definition) is 1. The maximum absolute atomic E-state index is 11.0. The van der Waals surface area contributed by atoms with Crippen LogP contribution in [0, 0.1) is 11.3 Å². The molecule has 0 aromatic heterocycles. The first-order valence-corrected chi connectivity index (χ1v) is 5.15. The molecule has 1 atom stereocenters. The molecule has 0 spiro atoms. The number of benzene rings is 1. The Hall–Kier alpha value is -2.22. The highest BCUT2D eigenvalue weighted by molar-refractivity contribution is 5.79. The van der Waals surface area contributed by atoms with Crippen molar-refractivity contribution >= 4 is 5.91 Å². The molecule has 0 aliphatic heterocycles. The van der Waals surface area contributed by atoms with E-state index < -0.39 is 12.0 Å². The van der Waals surface area contributed by atoms with Gasteiger partial charge in [-0.05, 0) is 18.6 Å². The fourth-order valence-electron chi connectivity index (χ4n) is 1.33. The number of primary amides is 1. The third-order valence-electron chi connectivity index (χ3n) is 2.21. The molecule has 0 saturated heterocycles. The van der Waals surface area contributed by atoms with Gasteiger partial charge in [0.1, 0.15) is 11.5 Å². The first kappa shape index (κ1) is 12.8. The molecule has 0 aliphatic carbocycles. The smallest absolute Gasteiger partial charge is 0.258 e. The lowest BCUT2D eigenvalue weighted by atomic mass is 10.2. The van der Waals surface area contributed by atoms with Crippen LogP contribution in [0.25, 0.3) is 0 Å². The maximum atomic E-state index is 11.0. The molecule has 1 aromatic carbocycles. The molecule has 90 valence electrons. The molecule has 5 heteroatoms. The van der Waals surface area contributed by atoms with Crippen molar-refractivity contribution in [1.29, 1.82) is 5.26 Å². The number of hydrogen-bond acceptors (Lipinski definition) is 4. The van der Waals surface area contributed by atoms with Gasteiger partial charge in [0, 0.05) is 6.07 Å². The van der Waals surface area contributed by atoms with Gasteiger partial charge in [-0.2, -0.15) is 5.26 Å². The fraction of sp³-hybridized carbons (Fsp3) is 0.333. The Labute approximate surface area is 99.7 Å². The minimum absolute atomic E-state index is 0.395. The summed E-state index contributed by atoms with van der Waals surface area (Å²) in [4.78, 5) is 11.0. The molecule has 1 unspecified atom stereocenters. The van der Waals surface area contributed by atoms with Gasteiger partial charge in [0.15, 0.2) is 6.10 Å². The van der Waals surface area contributed by atoms with Crippen molar-refractivity contribution in [1.82, 2.24) is 0 Å². The molecule has 5 nitrogen and oxygen atoms in total. The summed E-state index contributed by atoms with van der Waals surface area (Å²) < 4.78 is 10.4. The SMILES string of the molecule is CCC(Oc1cc(C#N)cc(OC)c1)C(N)=O. The summed E-state index contributed by atoms with van der Waals surface area (Å²) >= 11 is 0. The van der Waals surface area contributed by atoms with E-state index in [1.54, 1.807) is 19.1 Å². The topological polar surface area (TPSA) is 85.3 Å². The molecule has 0 fully saturated rings. The van der Waals surface area contributed by atoms with Crippen molar-refractivity contribution in [3.8, 4) is 17.6 Å². The van der Waals surface area contributed by atoms with E-state index in [1.807, 2.05) is 6.07 Å². The normalized spacial score (nSPS) is 11.4. The highest BCUT2D eigenvalue weighted by atomic mass is 16.5. The van der Waals surface area contributed by atoms with Crippen molar-refractivity contribution in [2.75, 3.05) is 7.11 Å². The average Bonchev–Trinajstić information content (AvgIpc) is 2.34. The van der Waals surface area contributed by atoms with E-state index >= 15 is 0 Å². The summed E-state index contributed by atoms with van der Waals surface area (Å²) in [6.45, 7) is 1.79. The Bertz CT molecular complexity index is 452. The monoisotopic (exact) mass is 234 g/mol. The molecular formula is C12H14N2O3. The Balaban J connectivity index is 2.97. The molecule has 1 rings (SSSR count). The van der Waals surface area contributed by atoms with Crippen LogP contribution in [0.2, 0.25) is 0 Å². The third-order valence-corrected chi connectivity index (χ3v) is 2.21. The first-order chi connectivity index (χ1) is 8.10. The molecule has 0 saturated carbocycles. The third kappa shape index (κ3) is 3.38. The van der Waals surface area contributed by atoms with Crippen LogP contribution >= 0.6 is 0 Å². The van der Waals surface area contributed by atoms with Gasteiger partial charge in [-0.3, -0.25) is 4.79 Å². The zero-order valence-electron chi connectivity index (χ0n) is 9.77. The van der Waals surface area contributed by atoms with E-state index in [2.05, 4.69) is 0 Å². The molecule has 0 bridgehead atoms. The molecule has 2 N–H and O–H groups in total. The van der Waals surface area contributed by atoms with Crippen molar-refractivity contribution in [3.05, 3.63) is 23.8 Å². The van der Waals surface area contributed by atoms with Gasteiger partial charge in [0.2, 0.25) is 0 Å². The van der Waals surface area contributed by atoms with E-state index in [0.29, 0.717) is 23.5 Å². The summed E-state index contributed by atoms with van der Waals surface area (Å²) in [5.41, 5.74) is 5.58. The van der Waals surface area contributed by atoms with Gasteiger partial charge in [-0.15, -0.1) is 0 Å². The van der Waals surface area contributed by atoms with E-state index in [9.17, 15) is 4.79 Å². The van der Waals surface area contributed by atoms with Crippen LogP contribution in [0.1, 0.15) is 18.9 Å². The Morgan fingerprint density at radius 3 is 2.59 bits per heavy atom. The zero-order chi connectivity index (χ0) is 12.8. The summed E-state index contributed by atoms with van der Waals surface area (Å²) in [5, 5.41) is 8.83. The predicted octanol–water partition coefficient (Wildman–Crippen LogP) is 1.21. The Kier molecular flexibility index (Phi) is 4.35. The van der Waals surface area contributed by atoms with Gasteiger partial charge >= 0.3 is 0 Å². The van der Waals surface area contributed by atoms with Gasteiger partial charge < -0.3 is 15.2 Å². The number of amides is 1. The number of rotatable bonds is 5. The molecule has 0 radical (unpaired) electrons. The summed E-state index contributed by atoms with van der Waals surface area (Å²) in [7, 11) is 1.49. The highest BCUT2D eigenvalue weighted by Crippen LogP contribution is 2.23. The number of carbonyl (C=O) groups excluding carboxylic acids is 1. The number of nitrogens with zero attached hydrogens (tertiary/aromatic N) is 1. The summed E-state index contributed by atoms with van der Waals surface area (Å²) in [6.07, 6.45) is -0.234. The van der Waals surface area contributed by atoms with Crippen molar-refractivity contribution in [2.45, 2.75) is 19.4 Å². The molecule has 1 amide bonds. The molecule has 17 heavy (non-hydrogen) atoms. The first-order valence-electron chi connectivity index (χ1n) is 5.15. The van der Waals surface area contributed by atoms with Crippen LogP contribution < -0.4 is 15.2 Å². The van der Waals surface area contributed by atoms with E-state index in [-0.39, 0.29) is 0 Å². The van der Waals surface area contributed by atoms with E-state index in [4.69, 9.17) is 20.5 Å². The largest absolute Gasteiger partial charge is 0.497 e. The highest BCUT2D eigenvalue weighted by Gasteiger charge is 2.15. The van der Waals surface area contributed by atoms with Crippen molar-refractivity contribution < 1.29 is 14.3 Å².